The Labute approximate surface area is 642 Å². The van der Waals surface area contributed by atoms with Crippen molar-refractivity contribution in [2.75, 3.05) is 39.6 Å². The highest BCUT2D eigenvalue weighted by atomic mass is 31.2. The van der Waals surface area contributed by atoms with Crippen molar-refractivity contribution in [3.05, 3.63) is 158 Å². The van der Waals surface area contributed by atoms with Crippen LogP contribution in [0.5, 0.6) is 0 Å². The van der Waals surface area contributed by atoms with Crippen LogP contribution in [0.4, 0.5) is 0 Å². The van der Waals surface area contributed by atoms with Crippen LogP contribution in [-0.4, -0.2) is 96.7 Å². The number of hydrogen-bond acceptors (Lipinski definition) is 15. The van der Waals surface area contributed by atoms with Crippen LogP contribution in [-0.2, 0) is 65.4 Å². The molecule has 0 aliphatic carbocycles. The molecule has 0 amide bonds. The van der Waals surface area contributed by atoms with E-state index in [2.05, 4.69) is 186 Å². The van der Waals surface area contributed by atoms with E-state index in [0.29, 0.717) is 25.7 Å². The number of aliphatic hydroxyl groups is 1. The lowest BCUT2D eigenvalue weighted by Crippen LogP contribution is -2.30. The van der Waals surface area contributed by atoms with Crippen molar-refractivity contribution in [3.63, 3.8) is 0 Å². The molecule has 0 aliphatic heterocycles. The number of ether oxygens (including phenoxy) is 4. The topological polar surface area (TPSA) is 237 Å². The second kappa shape index (κ2) is 77.8. The van der Waals surface area contributed by atoms with E-state index >= 15 is 0 Å². The predicted molar refractivity (Wildman–Crippen MR) is 436 cm³/mol. The first-order chi connectivity index (χ1) is 51.7. The molecule has 0 heterocycles. The van der Waals surface area contributed by atoms with Crippen LogP contribution < -0.4 is 0 Å². The molecule has 17 nitrogen and oxygen atoms in total. The summed E-state index contributed by atoms with van der Waals surface area (Å²) in [6, 6.07) is 0. The lowest BCUT2D eigenvalue weighted by Gasteiger charge is -2.21. The lowest BCUT2D eigenvalue weighted by molar-refractivity contribution is -0.161. The molecule has 0 saturated heterocycles. The third kappa shape index (κ3) is 76.9. The number of rotatable bonds is 75. The van der Waals surface area contributed by atoms with Gasteiger partial charge in [0.05, 0.1) is 26.4 Å². The molecule has 5 atom stereocenters. The fourth-order valence-corrected chi connectivity index (χ4v) is 11.9. The summed E-state index contributed by atoms with van der Waals surface area (Å²) in [6.07, 6.45) is 90.7. The van der Waals surface area contributed by atoms with Gasteiger partial charge in [-0.1, -0.05) is 282 Å². The molecule has 0 fully saturated rings. The van der Waals surface area contributed by atoms with Gasteiger partial charge >= 0.3 is 39.5 Å². The van der Waals surface area contributed by atoms with Crippen LogP contribution in [0.25, 0.3) is 0 Å². The molecule has 0 spiro atoms. The Bertz CT molecular complexity index is 2630. The number of phosphoric acid groups is 2. The van der Waals surface area contributed by atoms with Crippen LogP contribution in [0.15, 0.2) is 158 Å². The van der Waals surface area contributed by atoms with E-state index in [9.17, 15) is 43.2 Å². The highest BCUT2D eigenvalue weighted by Gasteiger charge is 2.30. The normalized spacial score (nSPS) is 14.7. The van der Waals surface area contributed by atoms with E-state index in [-0.39, 0.29) is 25.7 Å². The van der Waals surface area contributed by atoms with Crippen molar-refractivity contribution in [1.82, 2.24) is 0 Å². The molecule has 0 bridgehead atoms. The summed E-state index contributed by atoms with van der Waals surface area (Å²) in [4.78, 5) is 73.1. The van der Waals surface area contributed by atoms with E-state index in [1.807, 2.05) is 0 Å². The molecule has 5 unspecified atom stereocenters. The monoisotopic (exact) mass is 1520 g/mol. The average Bonchev–Trinajstić information content (AvgIpc) is 0.901. The third-order valence-corrected chi connectivity index (χ3v) is 18.4. The second-order valence-electron chi connectivity index (χ2n) is 26.6. The van der Waals surface area contributed by atoms with Crippen LogP contribution in [0.2, 0.25) is 0 Å². The molecule has 0 aliphatic rings. The maximum absolute atomic E-state index is 13.1. The zero-order valence-electron chi connectivity index (χ0n) is 66.1. The first-order valence-corrected chi connectivity index (χ1v) is 43.7. The quantitative estimate of drug-likeness (QED) is 0.0169. The third-order valence-electron chi connectivity index (χ3n) is 16.5. The Hall–Kier alpha value is -5.32. The molecular formula is C87H144O17P2. The number of allylic oxidation sites excluding steroid dienone is 26. The number of esters is 4. The summed E-state index contributed by atoms with van der Waals surface area (Å²) >= 11 is 0. The van der Waals surface area contributed by atoms with Gasteiger partial charge in [-0.15, -0.1) is 0 Å². The van der Waals surface area contributed by atoms with Gasteiger partial charge in [0.15, 0.2) is 12.2 Å². The maximum Gasteiger partial charge on any atom is 0.472 e. The lowest BCUT2D eigenvalue weighted by atomic mass is 10.1. The molecule has 0 aromatic heterocycles. The minimum absolute atomic E-state index is 0.0698. The molecule has 0 rings (SSSR count). The van der Waals surface area contributed by atoms with Crippen molar-refractivity contribution in [3.8, 4) is 0 Å². The molecule has 0 aromatic rings. The Morgan fingerprint density at radius 2 is 0.491 bits per heavy atom. The molecule has 0 aromatic carbocycles. The van der Waals surface area contributed by atoms with Crippen LogP contribution >= 0.6 is 15.6 Å². The highest BCUT2D eigenvalue weighted by Crippen LogP contribution is 2.45. The van der Waals surface area contributed by atoms with Gasteiger partial charge in [0.1, 0.15) is 19.3 Å². The van der Waals surface area contributed by atoms with Crippen LogP contribution in [0.3, 0.4) is 0 Å². The Balaban J connectivity index is 5.40. The number of aliphatic hydroxyl groups excluding tert-OH is 1. The summed E-state index contributed by atoms with van der Waals surface area (Å²) in [7, 11) is -9.99. The van der Waals surface area contributed by atoms with Crippen molar-refractivity contribution in [2.45, 2.75) is 329 Å². The zero-order chi connectivity index (χ0) is 77.4. The fourth-order valence-electron chi connectivity index (χ4n) is 10.4. The van der Waals surface area contributed by atoms with Gasteiger partial charge in [0.25, 0.3) is 0 Å². The molecule has 0 saturated carbocycles. The van der Waals surface area contributed by atoms with Gasteiger partial charge in [0.2, 0.25) is 0 Å². The number of carbonyl (C=O) groups excluding carboxylic acids is 4. The number of phosphoric ester groups is 2. The minimum atomic E-state index is -5.00. The van der Waals surface area contributed by atoms with Crippen molar-refractivity contribution in [1.29, 1.82) is 0 Å². The number of unbranched alkanes of at least 4 members (excludes halogenated alkanes) is 23. The van der Waals surface area contributed by atoms with E-state index in [1.165, 1.54) is 12.8 Å². The van der Waals surface area contributed by atoms with Crippen molar-refractivity contribution in [2.24, 2.45) is 0 Å². The standard InChI is InChI=1S/C87H144O17P2/c1-5-9-13-17-21-25-29-32-35-38-40-43-46-49-53-56-60-64-68-72-85(90)98-78-83(104-87(92)74-70-66-62-58-54-50-47-44-41-39-36-33-30-26-22-18-14-10-6-2)80-102-106(95,96)100-76-81(88)75-99-105(93,94)101-79-82(103-86(91)73-69-65-61-57-51-28-24-20-16-12-8-4)77-97-84(89)71-67-63-59-55-52-48-45-42-37-34-31-27-23-19-15-11-7-3/h9-11,13-15,20-27,32-37,40-41,43-45,48,81-83,88H,5-8,12,16-19,28-31,38-39,42,46-47,49-80H2,1-4H3,(H,93,94)(H,95,96)/b13-9-,14-10-,15-11-,24-20-,25-21-,26-22-,27-23-,35-32-,36-33-,37-34-,43-40-,44-41-,48-45-. The highest BCUT2D eigenvalue weighted by molar-refractivity contribution is 7.47. The Kier molecular flexibility index (Phi) is 73.9. The zero-order valence-corrected chi connectivity index (χ0v) is 67.8. The maximum atomic E-state index is 13.1. The van der Waals surface area contributed by atoms with Gasteiger partial charge < -0.3 is 33.8 Å². The van der Waals surface area contributed by atoms with Gasteiger partial charge in [-0.2, -0.15) is 0 Å². The van der Waals surface area contributed by atoms with Gasteiger partial charge in [-0.3, -0.25) is 37.3 Å². The summed E-state index contributed by atoms with van der Waals surface area (Å²) in [5, 5.41) is 10.6. The molecule has 3 N–H and O–H groups in total. The van der Waals surface area contributed by atoms with Crippen molar-refractivity contribution >= 4 is 39.5 Å². The van der Waals surface area contributed by atoms with Crippen LogP contribution in [0, 0.1) is 0 Å². The van der Waals surface area contributed by atoms with Gasteiger partial charge in [-0.05, 0) is 161 Å². The van der Waals surface area contributed by atoms with E-state index in [0.717, 1.165) is 218 Å². The first-order valence-electron chi connectivity index (χ1n) is 40.7. The largest absolute Gasteiger partial charge is 0.472 e. The summed E-state index contributed by atoms with van der Waals surface area (Å²) in [5.41, 5.74) is 0. The Morgan fingerprint density at radius 1 is 0.274 bits per heavy atom. The fraction of sp³-hybridized carbons (Fsp3) is 0.655. The first kappa shape index (κ1) is 101. The molecule has 604 valence electrons. The number of carbonyl (C=O) groups is 4. The molecular weight excluding hydrogens is 1380 g/mol. The van der Waals surface area contributed by atoms with E-state index < -0.39 is 97.5 Å². The molecule has 0 radical (unpaired) electrons. The molecule has 106 heavy (non-hydrogen) atoms. The molecule has 19 heteroatoms. The van der Waals surface area contributed by atoms with E-state index in [4.69, 9.17) is 37.0 Å². The second-order valence-corrected chi connectivity index (χ2v) is 29.5. The van der Waals surface area contributed by atoms with E-state index in [1.54, 1.807) is 0 Å². The average molecular weight is 1520 g/mol. The number of hydrogen-bond donors (Lipinski definition) is 3. The smallest absolute Gasteiger partial charge is 0.462 e. The van der Waals surface area contributed by atoms with Gasteiger partial charge in [-0.25, -0.2) is 9.13 Å². The summed E-state index contributed by atoms with van der Waals surface area (Å²) in [5.74, 6) is -2.25. The SMILES string of the molecule is CC/C=C\C/C=C\C/C=C\C/C=C\CCCCCCCCC(=O)OCC(COP(=O)(O)OCC(O)COP(=O)(O)OCC(COC(=O)CCCCCC/C=C\C/C=C\C/C=C\C/C=C\CC)OC(=O)CCCCCCC/C=C\CCCC)OC(=O)CCCCCCCC/C=C\C/C=C\C/C=C\C/C=C\CC. The summed E-state index contributed by atoms with van der Waals surface area (Å²) in [6.45, 7) is 4.43. The van der Waals surface area contributed by atoms with Crippen LogP contribution in [0.1, 0.15) is 310 Å². The Morgan fingerprint density at radius 3 is 0.764 bits per heavy atom. The predicted octanol–water partition coefficient (Wildman–Crippen LogP) is 24.0. The summed E-state index contributed by atoms with van der Waals surface area (Å²) < 4.78 is 68.6. The van der Waals surface area contributed by atoms with Gasteiger partial charge in [0, 0.05) is 25.7 Å². The van der Waals surface area contributed by atoms with Crippen molar-refractivity contribution < 1.29 is 80.2 Å². The minimum Gasteiger partial charge on any atom is -0.462 e.